The number of methoxy groups -OCH3 is 1. The molecule has 2 atom stereocenters. The third-order valence-corrected chi connectivity index (χ3v) is 7.42. The number of hydrogen-bond donors (Lipinski definition) is 1. The van der Waals surface area contributed by atoms with Gasteiger partial charge in [-0.25, -0.2) is 24.6 Å². The molecule has 1 N–H and O–H groups in total. The molecule has 3 aromatic rings. The number of nitrogens with one attached hydrogen (secondary N) is 1. The number of Topliss-reactive ketones (excluding diaryl/α,β-unsaturated/α-hetero) is 1. The second-order valence-electron chi connectivity index (χ2n) is 9.85. The summed E-state index contributed by atoms with van der Waals surface area (Å²) in [5.41, 5.74) is 2.37. The summed E-state index contributed by atoms with van der Waals surface area (Å²) in [6.45, 7) is 7.66. The molecule has 0 aliphatic carbocycles. The maximum absolute atomic E-state index is 13.5. The molecule has 12 heteroatoms. The van der Waals surface area contributed by atoms with Crippen molar-refractivity contribution in [3.05, 3.63) is 65.5 Å². The second kappa shape index (κ2) is 9.61. The van der Waals surface area contributed by atoms with Crippen molar-refractivity contribution < 1.29 is 14.3 Å². The summed E-state index contributed by atoms with van der Waals surface area (Å²) in [5.74, 6) is 1.66. The third kappa shape index (κ3) is 4.21. The van der Waals surface area contributed by atoms with E-state index in [1.807, 2.05) is 32.0 Å². The number of carbonyl (C=O) groups is 2. The Hall–Kier alpha value is -4.61. The lowest BCUT2D eigenvalue weighted by Gasteiger charge is -2.36. The van der Waals surface area contributed by atoms with E-state index in [4.69, 9.17) is 9.72 Å². The molecule has 3 aliphatic heterocycles. The van der Waals surface area contributed by atoms with Crippen molar-refractivity contribution in [1.29, 1.82) is 0 Å². The van der Waals surface area contributed by atoms with E-state index in [-0.39, 0.29) is 0 Å². The molecule has 2 unspecified atom stereocenters. The quantitative estimate of drug-likeness (QED) is 0.499. The lowest BCUT2D eigenvalue weighted by atomic mass is 9.88. The summed E-state index contributed by atoms with van der Waals surface area (Å²) in [6, 6.07) is 5.66. The molecule has 5 heterocycles. The van der Waals surface area contributed by atoms with Crippen LogP contribution in [0, 0.1) is 26.7 Å². The minimum atomic E-state index is -0.554. The van der Waals surface area contributed by atoms with Gasteiger partial charge in [-0.1, -0.05) is 12.1 Å². The molecule has 6 rings (SSSR count). The van der Waals surface area contributed by atoms with Crippen molar-refractivity contribution in [3.63, 3.8) is 0 Å². The number of fused-ring (bicyclic) bond motifs is 2. The van der Waals surface area contributed by atoms with E-state index in [2.05, 4.69) is 30.3 Å². The van der Waals surface area contributed by atoms with E-state index in [9.17, 15) is 9.59 Å². The minimum Gasteiger partial charge on any atom is -0.499 e. The van der Waals surface area contributed by atoms with Gasteiger partial charge in [0.05, 0.1) is 24.7 Å². The third-order valence-electron chi connectivity index (χ3n) is 7.42. The predicted molar refractivity (Wildman–Crippen MR) is 144 cm³/mol. The number of rotatable bonds is 4. The molecule has 2 aromatic heterocycles. The van der Waals surface area contributed by atoms with Gasteiger partial charge < -0.3 is 19.9 Å². The highest BCUT2D eigenvalue weighted by Crippen LogP contribution is 2.34. The summed E-state index contributed by atoms with van der Waals surface area (Å²) in [6.07, 6.45) is 4.74. The van der Waals surface area contributed by atoms with Crippen LogP contribution in [0.15, 0.2) is 53.3 Å². The van der Waals surface area contributed by atoms with Crippen molar-refractivity contribution in [2.45, 2.75) is 26.8 Å². The number of ketones is 1. The largest absolute Gasteiger partial charge is 0.499 e. The molecule has 1 fully saturated rings. The first-order chi connectivity index (χ1) is 18.9. The monoisotopic (exact) mass is 527 g/mol. The number of hydrogen-bond acceptors (Lipinski definition) is 10. The summed E-state index contributed by atoms with van der Waals surface area (Å²) in [4.78, 5) is 48.7. The van der Waals surface area contributed by atoms with Gasteiger partial charge in [0.25, 0.3) is 5.91 Å². The van der Waals surface area contributed by atoms with E-state index in [0.29, 0.717) is 55.0 Å². The predicted octanol–water partition coefficient (Wildman–Crippen LogP) is 1.28. The van der Waals surface area contributed by atoms with E-state index in [0.717, 1.165) is 22.3 Å². The number of anilines is 1. The van der Waals surface area contributed by atoms with Gasteiger partial charge in [0.15, 0.2) is 5.84 Å². The summed E-state index contributed by atoms with van der Waals surface area (Å²) >= 11 is 0. The van der Waals surface area contributed by atoms with Gasteiger partial charge in [0, 0.05) is 43.3 Å². The van der Waals surface area contributed by atoms with Crippen LogP contribution in [0.4, 0.5) is 5.82 Å². The van der Waals surface area contributed by atoms with Gasteiger partial charge in [0.1, 0.15) is 35.6 Å². The number of carbonyl (C=O) groups excluding carboxylic acids is 2. The van der Waals surface area contributed by atoms with Crippen LogP contribution in [0.2, 0.25) is 0 Å². The number of aromatic nitrogens is 5. The molecule has 0 spiro atoms. The summed E-state index contributed by atoms with van der Waals surface area (Å²) in [7, 11) is 1.53. The smallest absolute Gasteiger partial charge is 0.294 e. The van der Waals surface area contributed by atoms with E-state index in [1.54, 1.807) is 35.2 Å². The molecule has 1 saturated heterocycles. The highest BCUT2D eigenvalue weighted by Gasteiger charge is 2.45. The average Bonchev–Trinajstić information content (AvgIpc) is 3.59. The van der Waals surface area contributed by atoms with Crippen LogP contribution in [0.1, 0.15) is 17.2 Å². The zero-order valence-electron chi connectivity index (χ0n) is 22.2. The first-order valence-corrected chi connectivity index (χ1v) is 12.8. The number of nitrogens with zero attached hydrogens (tertiary/aromatic N) is 8. The van der Waals surface area contributed by atoms with Gasteiger partial charge >= 0.3 is 0 Å². The summed E-state index contributed by atoms with van der Waals surface area (Å²) in [5, 5.41) is 8.55. The minimum absolute atomic E-state index is 0.345. The average molecular weight is 528 g/mol. The molecule has 1 amide bonds. The molecule has 12 nitrogen and oxygen atoms in total. The lowest BCUT2D eigenvalue weighted by molar-refractivity contribution is -0.143. The number of para-hydroxylation sites is 1. The van der Waals surface area contributed by atoms with Crippen LogP contribution in [0.25, 0.3) is 10.9 Å². The molecule has 1 aromatic carbocycles. The lowest BCUT2D eigenvalue weighted by Crippen LogP contribution is -2.51. The van der Waals surface area contributed by atoms with Crippen molar-refractivity contribution in [3.8, 4) is 0 Å². The Bertz CT molecular complexity index is 1580. The number of aliphatic imine (C=N–C) groups is 1. The van der Waals surface area contributed by atoms with Gasteiger partial charge in [-0.3, -0.25) is 9.59 Å². The fraction of sp³-hybridized carbons (Fsp3) is 0.370. The number of ether oxygens (including phenoxy) is 1. The van der Waals surface area contributed by atoms with E-state index < -0.39 is 23.7 Å². The molecular weight excluding hydrogens is 498 g/mol. The van der Waals surface area contributed by atoms with Crippen LogP contribution in [0.5, 0.6) is 0 Å². The maximum atomic E-state index is 13.5. The van der Waals surface area contributed by atoms with Crippen LogP contribution < -0.4 is 10.2 Å². The Labute approximate surface area is 225 Å². The molecule has 39 heavy (non-hydrogen) atoms. The number of piperazine rings is 1. The first kappa shape index (κ1) is 24.7. The highest BCUT2D eigenvalue weighted by atomic mass is 16.5. The Kier molecular flexibility index (Phi) is 6.09. The van der Waals surface area contributed by atoms with Crippen molar-refractivity contribution in [2.24, 2.45) is 10.9 Å². The molecule has 3 aliphatic rings. The zero-order chi connectivity index (χ0) is 27.3. The molecular formula is C27H29N9O3. The fourth-order valence-electron chi connectivity index (χ4n) is 5.44. The van der Waals surface area contributed by atoms with Crippen molar-refractivity contribution in [2.75, 3.05) is 38.2 Å². The fourth-order valence-corrected chi connectivity index (χ4v) is 5.44. The van der Waals surface area contributed by atoms with Crippen LogP contribution in [-0.2, 0) is 14.3 Å². The van der Waals surface area contributed by atoms with Crippen LogP contribution in [0.3, 0.4) is 0 Å². The van der Waals surface area contributed by atoms with Crippen LogP contribution >= 0.6 is 0 Å². The Morgan fingerprint density at radius 3 is 2.56 bits per heavy atom. The van der Waals surface area contributed by atoms with E-state index >= 15 is 0 Å². The van der Waals surface area contributed by atoms with Gasteiger partial charge in [0.2, 0.25) is 5.78 Å². The molecule has 0 radical (unpaired) electrons. The van der Waals surface area contributed by atoms with Gasteiger partial charge in [-0.05, 0) is 32.4 Å². The van der Waals surface area contributed by atoms with Crippen LogP contribution in [-0.4, -0.2) is 86.5 Å². The number of benzene rings is 1. The van der Waals surface area contributed by atoms with Gasteiger partial charge in [-0.15, -0.1) is 0 Å². The summed E-state index contributed by atoms with van der Waals surface area (Å²) < 4.78 is 7.12. The molecule has 0 bridgehead atoms. The molecule has 0 saturated carbocycles. The maximum Gasteiger partial charge on any atom is 0.294 e. The van der Waals surface area contributed by atoms with Crippen molar-refractivity contribution in [1.82, 2.24) is 34.9 Å². The number of aryl methyl sites for hydroxylation is 3. The standard InChI is InChI=1S/C27H29N9O3/c1-15-6-5-7-18-22(15)31-17(3)32-25(18)34-8-10-35(11-9-34)27(38)24(37)19-12-28-23-21(19)20(39-4)13-29-26(23)36-14-30-16(2)33-36/h5-7,12-14,21,23,28H,8-11H2,1-4H3. The van der Waals surface area contributed by atoms with Gasteiger partial charge in [-0.2, -0.15) is 5.10 Å². The first-order valence-electron chi connectivity index (χ1n) is 12.8. The Balaban J connectivity index is 1.18. The number of amides is 1. The Morgan fingerprint density at radius 2 is 1.85 bits per heavy atom. The Morgan fingerprint density at radius 1 is 1.05 bits per heavy atom. The SMILES string of the molecule is COC1=CN=C(n2cnc(C)n2)C2NC=C(C(=O)C(=O)N3CCN(c4nc(C)nc5c(C)cccc45)CC3)C12. The second-order valence-corrected chi connectivity index (χ2v) is 9.85. The molecule has 200 valence electrons. The van der Waals surface area contributed by atoms with Crippen molar-refractivity contribution >= 4 is 34.2 Å². The highest BCUT2D eigenvalue weighted by molar-refractivity contribution is 6.43. The zero-order valence-corrected chi connectivity index (χ0v) is 22.2. The normalized spacial score (nSPS) is 20.7. The van der Waals surface area contributed by atoms with E-state index in [1.165, 1.54) is 7.11 Å². The topological polar surface area (TPSA) is 131 Å².